The fraction of sp³-hybridized carbons (Fsp3) is 0.800. The zero-order valence-electron chi connectivity index (χ0n) is 9.45. The van der Waals surface area contributed by atoms with Crippen molar-refractivity contribution in [2.75, 3.05) is 39.8 Å². The van der Waals surface area contributed by atoms with Gasteiger partial charge in [-0.15, -0.1) is 0 Å². The second kappa shape index (κ2) is 5.70. The van der Waals surface area contributed by atoms with E-state index in [1.54, 1.807) is 7.05 Å². The summed E-state index contributed by atoms with van der Waals surface area (Å²) >= 11 is 0. The first kappa shape index (κ1) is 12.0. The minimum Gasteiger partial charge on any atom is -0.340 e. The summed E-state index contributed by atoms with van der Waals surface area (Å²) in [6.45, 7) is 5.00. The van der Waals surface area contributed by atoms with E-state index in [9.17, 15) is 9.59 Å². The summed E-state index contributed by atoms with van der Waals surface area (Å²) in [6.07, 6.45) is 0.982. The van der Waals surface area contributed by atoms with E-state index in [-0.39, 0.29) is 18.4 Å². The number of hydrogen-bond donors (Lipinski definition) is 1. The lowest BCUT2D eigenvalue weighted by Crippen LogP contribution is -2.41. The molecule has 1 aliphatic rings. The van der Waals surface area contributed by atoms with Crippen molar-refractivity contribution in [3.05, 3.63) is 0 Å². The monoisotopic (exact) mass is 213 g/mol. The summed E-state index contributed by atoms with van der Waals surface area (Å²) in [5.41, 5.74) is 0. The number of likely N-dealkylation sites (N-methyl/N-ethyl adjacent to an activating group) is 1. The van der Waals surface area contributed by atoms with Gasteiger partial charge in [-0.3, -0.25) is 9.59 Å². The number of nitrogens with zero attached hydrogens (tertiary/aromatic N) is 2. The Balaban J connectivity index is 2.41. The average Bonchev–Trinajstić information content (AvgIpc) is 2.45. The number of carbonyl (C=O) groups excluding carboxylic acids is 2. The van der Waals surface area contributed by atoms with Gasteiger partial charge in [0.1, 0.15) is 0 Å². The van der Waals surface area contributed by atoms with Gasteiger partial charge in [0, 0.05) is 33.6 Å². The van der Waals surface area contributed by atoms with E-state index in [1.807, 2.05) is 4.90 Å². The third-order valence-corrected chi connectivity index (χ3v) is 2.60. The van der Waals surface area contributed by atoms with Gasteiger partial charge in [-0.1, -0.05) is 0 Å². The predicted octanol–water partition coefficient (Wildman–Crippen LogP) is -0.713. The van der Waals surface area contributed by atoms with Gasteiger partial charge < -0.3 is 15.1 Å². The summed E-state index contributed by atoms with van der Waals surface area (Å²) in [6, 6.07) is 0. The van der Waals surface area contributed by atoms with Crippen molar-refractivity contribution in [3.8, 4) is 0 Å². The molecule has 5 nitrogen and oxygen atoms in total. The van der Waals surface area contributed by atoms with Crippen LogP contribution in [0.15, 0.2) is 0 Å². The highest BCUT2D eigenvalue weighted by Crippen LogP contribution is 1.97. The van der Waals surface area contributed by atoms with E-state index in [0.717, 1.165) is 32.6 Å². The molecule has 0 saturated carbocycles. The molecule has 0 unspecified atom stereocenters. The normalized spacial score (nSPS) is 17.1. The van der Waals surface area contributed by atoms with Crippen molar-refractivity contribution in [2.45, 2.75) is 13.3 Å². The van der Waals surface area contributed by atoms with Gasteiger partial charge in [-0.2, -0.15) is 0 Å². The maximum Gasteiger partial charge on any atom is 0.242 e. The van der Waals surface area contributed by atoms with Gasteiger partial charge in [0.2, 0.25) is 11.8 Å². The molecule has 0 spiro atoms. The Morgan fingerprint density at radius 1 is 1.33 bits per heavy atom. The second-order valence-corrected chi connectivity index (χ2v) is 3.86. The van der Waals surface area contributed by atoms with Gasteiger partial charge in [-0.05, 0) is 13.0 Å². The average molecular weight is 213 g/mol. The van der Waals surface area contributed by atoms with E-state index in [1.165, 1.54) is 11.8 Å². The molecule has 0 bridgehead atoms. The minimum absolute atomic E-state index is 0.0383. The molecule has 0 radical (unpaired) electrons. The molecule has 1 aliphatic heterocycles. The fourth-order valence-corrected chi connectivity index (χ4v) is 1.51. The van der Waals surface area contributed by atoms with Gasteiger partial charge in [0.25, 0.3) is 0 Å². The fourth-order valence-electron chi connectivity index (χ4n) is 1.51. The molecule has 1 fully saturated rings. The lowest BCUT2D eigenvalue weighted by atomic mass is 10.3. The van der Waals surface area contributed by atoms with Crippen LogP contribution in [0.3, 0.4) is 0 Å². The van der Waals surface area contributed by atoms with Gasteiger partial charge in [0.05, 0.1) is 6.54 Å². The van der Waals surface area contributed by atoms with Crippen molar-refractivity contribution in [1.29, 1.82) is 0 Å². The minimum atomic E-state index is -0.0729. The lowest BCUT2D eigenvalue weighted by Gasteiger charge is -2.23. The van der Waals surface area contributed by atoms with Crippen LogP contribution in [0.5, 0.6) is 0 Å². The molecule has 1 N–H and O–H groups in total. The standard InChI is InChI=1S/C10H19N3O2/c1-9(14)12(2)8-10(15)13-6-3-4-11-5-7-13/h11H,3-8H2,1-2H3. The van der Waals surface area contributed by atoms with E-state index in [2.05, 4.69) is 5.32 Å². The molecule has 0 atom stereocenters. The molecule has 1 heterocycles. The lowest BCUT2D eigenvalue weighted by molar-refractivity contribution is -0.138. The highest BCUT2D eigenvalue weighted by Gasteiger charge is 2.17. The van der Waals surface area contributed by atoms with Crippen LogP contribution in [0.4, 0.5) is 0 Å². The van der Waals surface area contributed by atoms with E-state index >= 15 is 0 Å². The molecule has 86 valence electrons. The number of amides is 2. The Labute approximate surface area is 90.4 Å². The highest BCUT2D eigenvalue weighted by atomic mass is 16.2. The summed E-state index contributed by atoms with van der Waals surface area (Å²) in [4.78, 5) is 26.0. The second-order valence-electron chi connectivity index (χ2n) is 3.86. The molecular formula is C10H19N3O2. The van der Waals surface area contributed by atoms with Gasteiger partial charge >= 0.3 is 0 Å². The molecule has 5 heteroatoms. The quantitative estimate of drug-likeness (QED) is 0.659. The molecule has 0 aromatic carbocycles. The van der Waals surface area contributed by atoms with Crippen molar-refractivity contribution in [2.24, 2.45) is 0 Å². The topological polar surface area (TPSA) is 52.7 Å². The SMILES string of the molecule is CC(=O)N(C)CC(=O)N1CCCNCC1. The Morgan fingerprint density at radius 2 is 2.07 bits per heavy atom. The predicted molar refractivity (Wildman–Crippen MR) is 57.4 cm³/mol. The Bertz CT molecular complexity index is 235. The van der Waals surface area contributed by atoms with Crippen molar-refractivity contribution in [3.63, 3.8) is 0 Å². The molecule has 1 saturated heterocycles. The molecule has 0 aromatic heterocycles. The molecule has 0 aromatic rings. The zero-order valence-corrected chi connectivity index (χ0v) is 9.45. The molecular weight excluding hydrogens is 194 g/mol. The highest BCUT2D eigenvalue weighted by molar-refractivity contribution is 5.83. The van der Waals surface area contributed by atoms with Crippen molar-refractivity contribution >= 4 is 11.8 Å². The first-order valence-corrected chi connectivity index (χ1v) is 5.31. The van der Waals surface area contributed by atoms with E-state index < -0.39 is 0 Å². The summed E-state index contributed by atoms with van der Waals surface area (Å²) in [5.74, 6) is -0.0345. The van der Waals surface area contributed by atoms with Crippen LogP contribution in [-0.4, -0.2) is 61.4 Å². The summed E-state index contributed by atoms with van der Waals surface area (Å²) in [5, 5.41) is 3.23. The van der Waals surface area contributed by atoms with Crippen LogP contribution in [-0.2, 0) is 9.59 Å². The van der Waals surface area contributed by atoms with Gasteiger partial charge in [-0.25, -0.2) is 0 Å². The molecule has 2 amide bonds. The van der Waals surface area contributed by atoms with Crippen LogP contribution in [0.1, 0.15) is 13.3 Å². The molecule has 0 aliphatic carbocycles. The van der Waals surface area contributed by atoms with Crippen LogP contribution in [0.25, 0.3) is 0 Å². The molecule has 15 heavy (non-hydrogen) atoms. The summed E-state index contributed by atoms with van der Waals surface area (Å²) in [7, 11) is 1.65. The summed E-state index contributed by atoms with van der Waals surface area (Å²) < 4.78 is 0. The third-order valence-electron chi connectivity index (χ3n) is 2.60. The Kier molecular flexibility index (Phi) is 4.55. The van der Waals surface area contributed by atoms with Crippen LogP contribution in [0.2, 0.25) is 0 Å². The van der Waals surface area contributed by atoms with Gasteiger partial charge in [0.15, 0.2) is 0 Å². The van der Waals surface area contributed by atoms with Crippen LogP contribution < -0.4 is 5.32 Å². The maximum atomic E-state index is 11.8. The van der Waals surface area contributed by atoms with Crippen LogP contribution in [0, 0.1) is 0 Å². The molecule has 1 rings (SSSR count). The first-order valence-electron chi connectivity index (χ1n) is 5.31. The number of rotatable bonds is 2. The number of hydrogen-bond acceptors (Lipinski definition) is 3. The largest absolute Gasteiger partial charge is 0.340 e. The Hall–Kier alpha value is -1.10. The van der Waals surface area contributed by atoms with Crippen molar-refractivity contribution in [1.82, 2.24) is 15.1 Å². The van der Waals surface area contributed by atoms with Crippen LogP contribution >= 0.6 is 0 Å². The van der Waals surface area contributed by atoms with E-state index in [4.69, 9.17) is 0 Å². The maximum absolute atomic E-state index is 11.8. The van der Waals surface area contributed by atoms with E-state index in [0.29, 0.717) is 0 Å². The van der Waals surface area contributed by atoms with Crippen molar-refractivity contribution < 1.29 is 9.59 Å². The zero-order chi connectivity index (χ0) is 11.3. The number of carbonyl (C=O) groups is 2. The first-order chi connectivity index (χ1) is 7.11. The number of nitrogens with one attached hydrogen (secondary N) is 1. The Morgan fingerprint density at radius 3 is 2.73 bits per heavy atom. The smallest absolute Gasteiger partial charge is 0.242 e. The third kappa shape index (κ3) is 3.87.